The first-order chi connectivity index (χ1) is 15.3. The van der Waals surface area contributed by atoms with Gasteiger partial charge in [-0.2, -0.15) is 24.4 Å². The van der Waals surface area contributed by atoms with Crippen LogP contribution in [0.15, 0.2) is 54.6 Å². The van der Waals surface area contributed by atoms with Crippen LogP contribution in [0.1, 0.15) is 25.8 Å². The average molecular weight is 479 g/mol. The summed E-state index contributed by atoms with van der Waals surface area (Å²) in [4.78, 5) is 25.4. The van der Waals surface area contributed by atoms with Crippen molar-refractivity contribution in [2.24, 2.45) is 23.5 Å². The third kappa shape index (κ3) is 10.7. The smallest absolute Gasteiger partial charge is 0.328 e. The minimum absolute atomic E-state index is 0.103. The van der Waals surface area contributed by atoms with Crippen LogP contribution in [0, 0.1) is 17.8 Å². The minimum Gasteiger partial charge on any atom is -0.467 e. The van der Waals surface area contributed by atoms with Gasteiger partial charge < -0.3 is 15.8 Å². The van der Waals surface area contributed by atoms with E-state index >= 15 is 0 Å². The van der Waals surface area contributed by atoms with Gasteiger partial charge in [0.1, 0.15) is 6.04 Å². The van der Waals surface area contributed by atoms with Crippen molar-refractivity contribution in [3.63, 3.8) is 0 Å². The Labute approximate surface area is 203 Å². The number of carbonyl (C=O) groups excluding carboxylic acids is 2. The first-order valence-corrected chi connectivity index (χ1v) is 13.0. The lowest BCUT2D eigenvalue weighted by Crippen LogP contribution is -2.44. The summed E-state index contributed by atoms with van der Waals surface area (Å²) in [6, 6.07) is 9.13. The number of hydrogen-bond acceptors (Lipinski definition) is 6. The molecule has 7 heteroatoms. The maximum atomic E-state index is 13.2. The highest BCUT2D eigenvalue weighted by Gasteiger charge is 2.25. The molecule has 0 aromatic heterocycles. The second-order valence-corrected chi connectivity index (χ2v) is 9.45. The average Bonchev–Trinajstić information content (AvgIpc) is 2.80. The number of thiol groups is 1. The Morgan fingerprint density at radius 3 is 2.38 bits per heavy atom. The number of thioether (sulfide) groups is 1. The van der Waals surface area contributed by atoms with E-state index in [2.05, 4.69) is 43.9 Å². The molecule has 178 valence electrons. The highest BCUT2D eigenvalue weighted by molar-refractivity contribution is 7.98. The molecule has 0 unspecified atom stereocenters. The maximum Gasteiger partial charge on any atom is 0.328 e. The Kier molecular flexibility index (Phi) is 14.2. The number of nitrogens with two attached hydrogens (primary N) is 1. The SMILES string of the molecule is COC(=O)[C@H](CCSC)NC(=O)[C@@H](/C=C/[C@@H](/C=C/[C@@H](N)CS)C(C)C)Cc1ccccc1. The molecule has 0 bridgehead atoms. The van der Waals surface area contributed by atoms with Crippen molar-refractivity contribution in [2.75, 3.05) is 24.9 Å². The molecule has 0 aliphatic rings. The van der Waals surface area contributed by atoms with E-state index in [4.69, 9.17) is 10.5 Å². The monoisotopic (exact) mass is 478 g/mol. The minimum atomic E-state index is -0.652. The summed E-state index contributed by atoms with van der Waals surface area (Å²) in [6.45, 7) is 4.26. The molecule has 0 fully saturated rings. The molecule has 1 aromatic carbocycles. The molecule has 0 radical (unpaired) electrons. The molecule has 0 spiro atoms. The lowest BCUT2D eigenvalue weighted by atomic mass is 9.90. The molecule has 1 rings (SSSR count). The van der Waals surface area contributed by atoms with Gasteiger partial charge in [-0.05, 0) is 42.2 Å². The number of ether oxygens (including phenoxy) is 1. The van der Waals surface area contributed by atoms with Crippen molar-refractivity contribution < 1.29 is 14.3 Å². The number of esters is 1. The Morgan fingerprint density at radius 1 is 1.16 bits per heavy atom. The standard InChI is InChI=1S/C25H38N2O3S2/c1-18(2)20(12-13-22(26)17-31)10-11-21(16-19-8-6-5-7-9-19)24(28)27-23(14-15-32-4)25(29)30-3/h5-13,18,20-23,31H,14-17,26H2,1-4H3,(H,27,28)/b11-10+,13-12+/t20-,21-,22+,23-/m0/s1. The fourth-order valence-corrected chi connectivity index (χ4v) is 3.72. The third-order valence-corrected chi connectivity index (χ3v) is 6.24. The molecule has 3 N–H and O–H groups in total. The van der Waals surface area contributed by atoms with Crippen LogP contribution < -0.4 is 11.1 Å². The molecule has 1 aromatic rings. The summed E-state index contributed by atoms with van der Waals surface area (Å²) in [5.74, 6) is 0.810. The van der Waals surface area contributed by atoms with Crippen LogP contribution >= 0.6 is 24.4 Å². The zero-order valence-corrected chi connectivity index (χ0v) is 21.3. The number of carbonyl (C=O) groups is 2. The molecule has 4 atom stereocenters. The van der Waals surface area contributed by atoms with Gasteiger partial charge in [-0.1, -0.05) is 68.5 Å². The second kappa shape index (κ2) is 16.0. The Morgan fingerprint density at radius 2 is 1.81 bits per heavy atom. The van der Waals surface area contributed by atoms with E-state index in [0.717, 1.165) is 11.3 Å². The third-order valence-electron chi connectivity index (χ3n) is 5.17. The molecule has 5 nitrogen and oxygen atoms in total. The number of amides is 1. The van der Waals surface area contributed by atoms with Crippen LogP contribution in [0.5, 0.6) is 0 Å². The normalized spacial score (nSPS) is 15.6. The highest BCUT2D eigenvalue weighted by Crippen LogP contribution is 2.18. The summed E-state index contributed by atoms with van der Waals surface area (Å²) in [7, 11) is 1.34. The van der Waals surface area contributed by atoms with Gasteiger partial charge in [-0.15, -0.1) is 0 Å². The van der Waals surface area contributed by atoms with Gasteiger partial charge in [0.05, 0.1) is 13.0 Å². The molecule has 0 saturated heterocycles. The van der Waals surface area contributed by atoms with Crippen molar-refractivity contribution in [2.45, 2.75) is 38.8 Å². The molecule has 0 heterocycles. The van der Waals surface area contributed by atoms with Gasteiger partial charge in [0, 0.05) is 11.8 Å². The molecular weight excluding hydrogens is 440 g/mol. The van der Waals surface area contributed by atoms with Gasteiger partial charge in [-0.25, -0.2) is 4.79 Å². The first-order valence-electron chi connectivity index (χ1n) is 11.0. The van der Waals surface area contributed by atoms with Gasteiger partial charge in [0.25, 0.3) is 0 Å². The number of rotatable bonds is 14. The maximum absolute atomic E-state index is 13.2. The van der Waals surface area contributed by atoms with Crippen molar-refractivity contribution in [1.82, 2.24) is 5.32 Å². The summed E-state index contributed by atoms with van der Waals surface area (Å²) in [5, 5.41) is 2.91. The molecular formula is C25H38N2O3S2. The quantitative estimate of drug-likeness (QED) is 0.215. The van der Waals surface area contributed by atoms with E-state index in [0.29, 0.717) is 24.5 Å². The van der Waals surface area contributed by atoms with Crippen molar-refractivity contribution >= 4 is 36.3 Å². The summed E-state index contributed by atoms with van der Waals surface area (Å²) in [5.41, 5.74) is 7.03. The van der Waals surface area contributed by atoms with Crippen LogP contribution in [0.2, 0.25) is 0 Å². The number of allylic oxidation sites excluding steroid dienone is 2. The lowest BCUT2D eigenvalue weighted by Gasteiger charge is -2.20. The van der Waals surface area contributed by atoms with Gasteiger partial charge in [0.15, 0.2) is 0 Å². The predicted octanol–water partition coefficient (Wildman–Crippen LogP) is 3.90. The summed E-state index contributed by atoms with van der Waals surface area (Å²) >= 11 is 5.86. The molecule has 0 aliphatic heterocycles. The number of nitrogens with one attached hydrogen (secondary N) is 1. The number of methoxy groups -OCH3 is 1. The number of benzene rings is 1. The van der Waals surface area contributed by atoms with E-state index in [-0.39, 0.29) is 17.9 Å². The molecule has 0 saturated carbocycles. The zero-order chi connectivity index (χ0) is 23.9. The van der Waals surface area contributed by atoms with E-state index < -0.39 is 17.9 Å². The van der Waals surface area contributed by atoms with Gasteiger partial charge in [-0.3, -0.25) is 4.79 Å². The number of hydrogen-bond donors (Lipinski definition) is 3. The van der Waals surface area contributed by atoms with Crippen LogP contribution in [0.4, 0.5) is 0 Å². The van der Waals surface area contributed by atoms with E-state index in [1.165, 1.54) is 7.11 Å². The lowest BCUT2D eigenvalue weighted by molar-refractivity contribution is -0.145. The van der Waals surface area contributed by atoms with Crippen LogP contribution in [-0.2, 0) is 20.7 Å². The Balaban J connectivity index is 3.09. The predicted molar refractivity (Wildman–Crippen MR) is 139 cm³/mol. The summed E-state index contributed by atoms with van der Waals surface area (Å²) < 4.78 is 4.89. The van der Waals surface area contributed by atoms with Crippen LogP contribution in [0.25, 0.3) is 0 Å². The zero-order valence-electron chi connectivity index (χ0n) is 19.6. The topological polar surface area (TPSA) is 81.4 Å². The molecule has 32 heavy (non-hydrogen) atoms. The van der Waals surface area contributed by atoms with Crippen molar-refractivity contribution in [3.05, 3.63) is 60.2 Å². The Bertz CT molecular complexity index is 738. The highest BCUT2D eigenvalue weighted by atomic mass is 32.2. The van der Waals surface area contributed by atoms with E-state index in [9.17, 15) is 9.59 Å². The fourth-order valence-electron chi connectivity index (χ4n) is 3.12. The molecule has 1 amide bonds. The van der Waals surface area contributed by atoms with E-state index in [1.54, 1.807) is 11.8 Å². The van der Waals surface area contributed by atoms with E-state index in [1.807, 2.05) is 48.7 Å². The second-order valence-electron chi connectivity index (χ2n) is 8.10. The Hall–Kier alpha value is -1.70. The molecule has 0 aliphatic carbocycles. The van der Waals surface area contributed by atoms with Crippen LogP contribution in [-0.4, -0.2) is 48.8 Å². The van der Waals surface area contributed by atoms with Crippen molar-refractivity contribution in [3.8, 4) is 0 Å². The first kappa shape index (κ1) is 28.3. The fraction of sp³-hybridized carbons (Fsp3) is 0.520. The van der Waals surface area contributed by atoms with Gasteiger partial charge in [0.2, 0.25) is 5.91 Å². The van der Waals surface area contributed by atoms with Crippen molar-refractivity contribution in [1.29, 1.82) is 0 Å². The van der Waals surface area contributed by atoms with Gasteiger partial charge >= 0.3 is 5.97 Å². The largest absolute Gasteiger partial charge is 0.467 e. The van der Waals surface area contributed by atoms with Crippen LogP contribution in [0.3, 0.4) is 0 Å². The summed E-state index contributed by atoms with van der Waals surface area (Å²) in [6.07, 6.45) is 11.1.